The summed E-state index contributed by atoms with van der Waals surface area (Å²) in [6, 6.07) is 5.42. The lowest BCUT2D eigenvalue weighted by Crippen LogP contribution is -2.58. The third kappa shape index (κ3) is 6.80. The Morgan fingerprint density at radius 1 is 1.05 bits per heavy atom. The van der Waals surface area contributed by atoms with Gasteiger partial charge in [0.2, 0.25) is 15.9 Å². The summed E-state index contributed by atoms with van der Waals surface area (Å²) in [5, 5.41) is 15.2. The minimum atomic E-state index is -4.20. The second-order valence-corrected chi connectivity index (χ2v) is 13.2. The quantitative estimate of drug-likeness (QED) is 0.295. The summed E-state index contributed by atoms with van der Waals surface area (Å²) in [7, 11) is -4.20. The summed E-state index contributed by atoms with van der Waals surface area (Å²) in [6.45, 7) is 1.49. The Kier molecular flexibility index (Phi) is 9.65. The van der Waals surface area contributed by atoms with Gasteiger partial charge in [-0.1, -0.05) is 52.5 Å². The first kappa shape index (κ1) is 31.9. The number of hydrogen-bond donors (Lipinski definition) is 3. The standard InChI is InChI=1S/C26H23Cl4N5O6S/c1-26(5-2-6-35(26)42(40,41)17-9-15(27)8-16(28)10-17)25(39)33-20(24(37)38)7-14-3-4-21(32-11-14)34-23(36)22-18(29)12-31-13-19(22)30/h3-4,8-13,20H,2,5-7H2,1H3,(H,33,39)(H,37,38)(H,32,34,36). The molecule has 2 unspecified atom stereocenters. The van der Waals surface area contributed by atoms with Gasteiger partial charge in [-0.3, -0.25) is 14.6 Å². The third-order valence-corrected chi connectivity index (χ3v) is 9.69. The predicted molar refractivity (Wildman–Crippen MR) is 158 cm³/mol. The lowest BCUT2D eigenvalue weighted by atomic mass is 9.98. The minimum absolute atomic E-state index is 0.0165. The fraction of sp³-hybridized carbons (Fsp3) is 0.269. The first-order chi connectivity index (χ1) is 19.7. The maximum atomic E-state index is 13.5. The van der Waals surface area contributed by atoms with Crippen LogP contribution in [0.1, 0.15) is 35.7 Å². The molecular weight excluding hydrogens is 652 g/mol. The Hall–Kier alpha value is -3.00. The molecule has 0 radical (unpaired) electrons. The van der Waals surface area contributed by atoms with Gasteiger partial charge in [0.25, 0.3) is 5.91 Å². The van der Waals surface area contributed by atoms with Crippen molar-refractivity contribution in [2.24, 2.45) is 0 Å². The molecule has 2 amide bonds. The summed E-state index contributed by atoms with van der Waals surface area (Å²) in [5.74, 6) is -2.58. The van der Waals surface area contributed by atoms with Crippen molar-refractivity contribution in [1.29, 1.82) is 0 Å². The second kappa shape index (κ2) is 12.7. The van der Waals surface area contributed by atoms with Gasteiger partial charge in [-0.25, -0.2) is 18.2 Å². The number of aromatic nitrogens is 2. The summed E-state index contributed by atoms with van der Waals surface area (Å²) in [4.78, 5) is 45.8. The molecule has 1 fully saturated rings. The monoisotopic (exact) mass is 673 g/mol. The van der Waals surface area contributed by atoms with Crippen molar-refractivity contribution >= 4 is 80.0 Å². The number of aliphatic carboxylic acids is 1. The van der Waals surface area contributed by atoms with Gasteiger partial charge < -0.3 is 15.7 Å². The van der Waals surface area contributed by atoms with Crippen LogP contribution in [0.15, 0.2) is 53.8 Å². The number of benzene rings is 1. The number of carbonyl (C=O) groups is 3. The molecule has 0 aliphatic carbocycles. The van der Waals surface area contributed by atoms with E-state index in [1.54, 1.807) is 0 Å². The van der Waals surface area contributed by atoms with E-state index in [9.17, 15) is 27.9 Å². The molecule has 2 atom stereocenters. The normalized spacial score (nSPS) is 17.9. The molecule has 3 heterocycles. The number of anilines is 1. The number of hydrogen-bond acceptors (Lipinski definition) is 7. The average Bonchev–Trinajstić information content (AvgIpc) is 3.32. The zero-order valence-corrected chi connectivity index (χ0v) is 25.6. The zero-order valence-electron chi connectivity index (χ0n) is 21.8. The highest BCUT2D eigenvalue weighted by Gasteiger charge is 2.50. The van der Waals surface area contributed by atoms with Crippen LogP contribution in [0.25, 0.3) is 0 Å². The number of halogens is 4. The molecule has 42 heavy (non-hydrogen) atoms. The molecule has 1 aliphatic heterocycles. The molecule has 0 spiro atoms. The van der Waals surface area contributed by atoms with E-state index in [2.05, 4.69) is 20.6 Å². The molecule has 1 saturated heterocycles. The second-order valence-electron chi connectivity index (χ2n) is 9.61. The highest BCUT2D eigenvalue weighted by Crippen LogP contribution is 2.36. The van der Waals surface area contributed by atoms with E-state index in [4.69, 9.17) is 46.4 Å². The van der Waals surface area contributed by atoms with Crippen LogP contribution in [0.2, 0.25) is 20.1 Å². The van der Waals surface area contributed by atoms with Gasteiger partial charge in [0.1, 0.15) is 17.4 Å². The van der Waals surface area contributed by atoms with Gasteiger partial charge in [-0.05, 0) is 49.6 Å². The molecule has 3 N–H and O–H groups in total. The highest BCUT2D eigenvalue weighted by molar-refractivity contribution is 7.89. The van der Waals surface area contributed by atoms with Gasteiger partial charge in [0.05, 0.1) is 20.5 Å². The van der Waals surface area contributed by atoms with Crippen molar-refractivity contribution in [2.45, 2.75) is 42.7 Å². The van der Waals surface area contributed by atoms with E-state index in [0.717, 1.165) is 4.31 Å². The van der Waals surface area contributed by atoms with Gasteiger partial charge in [-0.15, -0.1) is 0 Å². The van der Waals surface area contributed by atoms with E-state index in [-0.39, 0.29) is 55.8 Å². The van der Waals surface area contributed by atoms with E-state index in [1.165, 1.54) is 55.8 Å². The Labute approximate surface area is 261 Å². The summed E-state index contributed by atoms with van der Waals surface area (Å²) < 4.78 is 28.0. The van der Waals surface area contributed by atoms with Crippen molar-refractivity contribution in [2.75, 3.05) is 11.9 Å². The highest BCUT2D eigenvalue weighted by atomic mass is 35.5. The number of pyridine rings is 2. The number of sulfonamides is 1. The largest absolute Gasteiger partial charge is 0.480 e. The van der Waals surface area contributed by atoms with Crippen LogP contribution in [0, 0.1) is 0 Å². The van der Waals surface area contributed by atoms with E-state index < -0.39 is 39.4 Å². The van der Waals surface area contributed by atoms with Crippen molar-refractivity contribution in [3.05, 3.63) is 80.1 Å². The number of carbonyl (C=O) groups excluding carboxylic acids is 2. The molecule has 3 aromatic rings. The Bertz CT molecular complexity index is 1620. The molecule has 1 aromatic carbocycles. The van der Waals surface area contributed by atoms with Gasteiger partial charge in [0, 0.05) is 41.6 Å². The number of amides is 2. The number of carboxylic acids is 1. The SMILES string of the molecule is CC1(C(=O)NC(Cc2ccc(NC(=O)c3c(Cl)cncc3Cl)nc2)C(=O)O)CCCN1S(=O)(=O)c1cc(Cl)cc(Cl)c1. The van der Waals surface area contributed by atoms with Gasteiger partial charge in [0.15, 0.2) is 0 Å². The van der Waals surface area contributed by atoms with Crippen molar-refractivity contribution in [1.82, 2.24) is 19.6 Å². The fourth-order valence-corrected chi connectivity index (χ4v) is 7.60. The molecule has 4 rings (SSSR count). The first-order valence-corrected chi connectivity index (χ1v) is 15.3. The minimum Gasteiger partial charge on any atom is -0.480 e. The maximum absolute atomic E-state index is 13.5. The molecule has 2 aromatic heterocycles. The number of rotatable bonds is 9. The van der Waals surface area contributed by atoms with Crippen LogP contribution in [-0.2, 0) is 26.0 Å². The molecular formula is C26H23Cl4N5O6S. The van der Waals surface area contributed by atoms with Crippen LogP contribution in [-0.4, -0.2) is 63.7 Å². The molecule has 0 saturated carbocycles. The fourth-order valence-electron chi connectivity index (χ4n) is 4.53. The lowest BCUT2D eigenvalue weighted by molar-refractivity contribution is -0.143. The van der Waals surface area contributed by atoms with Crippen LogP contribution in [0.5, 0.6) is 0 Å². The molecule has 1 aliphatic rings. The summed E-state index contributed by atoms with van der Waals surface area (Å²) >= 11 is 24.0. The van der Waals surface area contributed by atoms with Crippen molar-refractivity contribution in [3.8, 4) is 0 Å². The Morgan fingerprint density at radius 2 is 1.69 bits per heavy atom. The van der Waals surface area contributed by atoms with E-state index in [1.807, 2.05) is 0 Å². The molecule has 222 valence electrons. The summed E-state index contributed by atoms with van der Waals surface area (Å²) in [5.41, 5.74) is -1.12. The van der Waals surface area contributed by atoms with E-state index in [0.29, 0.717) is 12.0 Å². The number of nitrogens with one attached hydrogen (secondary N) is 2. The Balaban J connectivity index is 1.48. The van der Waals surface area contributed by atoms with E-state index >= 15 is 0 Å². The van der Waals surface area contributed by atoms with Crippen LogP contribution in [0.3, 0.4) is 0 Å². The molecule has 16 heteroatoms. The first-order valence-electron chi connectivity index (χ1n) is 12.3. The average molecular weight is 675 g/mol. The smallest absolute Gasteiger partial charge is 0.326 e. The molecule has 0 bridgehead atoms. The molecule has 11 nitrogen and oxygen atoms in total. The number of carboxylic acid groups (broad SMARTS) is 1. The lowest BCUT2D eigenvalue weighted by Gasteiger charge is -2.34. The van der Waals surface area contributed by atoms with Gasteiger partial charge >= 0.3 is 5.97 Å². The zero-order chi connectivity index (χ0) is 30.8. The van der Waals surface area contributed by atoms with Crippen LogP contribution >= 0.6 is 46.4 Å². The van der Waals surface area contributed by atoms with Gasteiger partial charge in [-0.2, -0.15) is 4.31 Å². The maximum Gasteiger partial charge on any atom is 0.326 e. The topological polar surface area (TPSA) is 159 Å². The summed E-state index contributed by atoms with van der Waals surface area (Å²) in [6.07, 6.45) is 4.25. The van der Waals surface area contributed by atoms with Crippen molar-refractivity contribution in [3.63, 3.8) is 0 Å². The number of nitrogens with zero attached hydrogens (tertiary/aromatic N) is 3. The predicted octanol–water partition coefficient (Wildman–Crippen LogP) is 4.70. The van der Waals surface area contributed by atoms with Crippen LogP contribution < -0.4 is 10.6 Å². The van der Waals surface area contributed by atoms with Crippen LogP contribution in [0.4, 0.5) is 5.82 Å². The Morgan fingerprint density at radius 3 is 2.26 bits per heavy atom. The third-order valence-electron chi connectivity index (χ3n) is 6.68. The van der Waals surface area contributed by atoms with Crippen molar-refractivity contribution < 1.29 is 27.9 Å².